The fourth-order valence-corrected chi connectivity index (χ4v) is 3.97. The van der Waals surface area contributed by atoms with E-state index in [0.717, 1.165) is 38.6 Å². The second-order valence-corrected chi connectivity index (χ2v) is 8.33. The van der Waals surface area contributed by atoms with E-state index in [1.807, 2.05) is 42.6 Å². The highest BCUT2D eigenvalue weighted by Gasteiger charge is 2.11. The van der Waals surface area contributed by atoms with Gasteiger partial charge in [-0.1, -0.05) is 23.2 Å². The number of hydrogen-bond donors (Lipinski definition) is 2. The second-order valence-electron chi connectivity index (χ2n) is 7.45. The van der Waals surface area contributed by atoms with Gasteiger partial charge in [-0.25, -0.2) is 0 Å². The van der Waals surface area contributed by atoms with Crippen LogP contribution in [0.3, 0.4) is 0 Å². The van der Waals surface area contributed by atoms with Gasteiger partial charge in [0, 0.05) is 33.2 Å². The highest BCUT2D eigenvalue weighted by Crippen LogP contribution is 2.21. The molecule has 0 fully saturated rings. The molecule has 0 bridgehead atoms. The van der Waals surface area contributed by atoms with Crippen LogP contribution in [-0.4, -0.2) is 26.1 Å². The van der Waals surface area contributed by atoms with Gasteiger partial charge in [-0.15, -0.1) is 0 Å². The van der Waals surface area contributed by atoms with Crippen LogP contribution in [0.5, 0.6) is 0 Å². The zero-order valence-electron chi connectivity index (χ0n) is 16.8. The maximum absolute atomic E-state index is 12.7. The fraction of sp³-hybridized carbons (Fsp3) is 0.0833. The van der Waals surface area contributed by atoms with Gasteiger partial charge in [0.25, 0.3) is 5.91 Å². The molecule has 5 aromatic rings. The fourth-order valence-electron chi connectivity index (χ4n) is 3.62. The Hall–Kier alpha value is -3.48. The number of H-pyrrole nitrogens is 1. The number of nitrogens with zero attached hydrogens (tertiary/aromatic N) is 3. The lowest BCUT2D eigenvalue weighted by molar-refractivity contribution is 0.0945. The molecule has 2 aromatic carbocycles. The molecule has 0 aliphatic carbocycles. The molecule has 0 spiro atoms. The van der Waals surface area contributed by atoms with Crippen molar-refractivity contribution < 1.29 is 4.79 Å². The summed E-state index contributed by atoms with van der Waals surface area (Å²) in [5, 5.41) is 13.2. The van der Waals surface area contributed by atoms with Gasteiger partial charge >= 0.3 is 0 Å². The summed E-state index contributed by atoms with van der Waals surface area (Å²) < 4.78 is 0. The predicted octanol–water partition coefficient (Wildman–Crippen LogP) is 5.33. The van der Waals surface area contributed by atoms with Crippen LogP contribution >= 0.6 is 23.2 Å². The first-order valence-corrected chi connectivity index (χ1v) is 10.7. The molecule has 3 aromatic heterocycles. The third-order valence-electron chi connectivity index (χ3n) is 5.19. The largest absolute Gasteiger partial charge is 0.345 e. The quantitative estimate of drug-likeness (QED) is 0.370. The summed E-state index contributed by atoms with van der Waals surface area (Å²) in [6.45, 7) is 0.289. The first kappa shape index (κ1) is 20.4. The maximum atomic E-state index is 12.7. The van der Waals surface area contributed by atoms with Crippen molar-refractivity contribution in [1.29, 1.82) is 0 Å². The standard InChI is InChI=1S/C24H17Cl2N5O/c25-17-1-3-20-16(10-17)8-15(12-28-20)7-14-5-6-27-22(9-14)24(32)29-13-23-19-11-18(26)2-4-21(19)30-31-23/h1-6,8-12H,7,13H2,(H,29,32)(H,30,31). The van der Waals surface area contributed by atoms with Gasteiger partial charge in [0.15, 0.2) is 0 Å². The number of aromatic nitrogens is 4. The summed E-state index contributed by atoms with van der Waals surface area (Å²) in [6.07, 6.45) is 4.10. The molecule has 3 heterocycles. The summed E-state index contributed by atoms with van der Waals surface area (Å²) >= 11 is 12.2. The molecule has 1 amide bonds. The number of carbonyl (C=O) groups is 1. The lowest BCUT2D eigenvalue weighted by Crippen LogP contribution is -2.24. The number of pyridine rings is 2. The molecule has 5 rings (SSSR count). The number of rotatable bonds is 5. The lowest BCUT2D eigenvalue weighted by Gasteiger charge is -2.07. The average Bonchev–Trinajstić information content (AvgIpc) is 3.19. The van der Waals surface area contributed by atoms with E-state index in [1.165, 1.54) is 0 Å². The van der Waals surface area contributed by atoms with Gasteiger partial charge in [0.2, 0.25) is 0 Å². The van der Waals surface area contributed by atoms with Crippen molar-refractivity contribution in [3.8, 4) is 0 Å². The van der Waals surface area contributed by atoms with Gasteiger partial charge in [-0.2, -0.15) is 5.10 Å². The minimum absolute atomic E-state index is 0.264. The van der Waals surface area contributed by atoms with Crippen molar-refractivity contribution in [2.24, 2.45) is 0 Å². The molecule has 0 unspecified atom stereocenters. The van der Waals surface area contributed by atoms with Gasteiger partial charge in [0.05, 0.1) is 23.3 Å². The van der Waals surface area contributed by atoms with Crippen LogP contribution in [0.15, 0.2) is 67.0 Å². The van der Waals surface area contributed by atoms with E-state index in [4.69, 9.17) is 23.2 Å². The molecule has 158 valence electrons. The van der Waals surface area contributed by atoms with Gasteiger partial charge in [-0.05, 0) is 72.1 Å². The monoisotopic (exact) mass is 461 g/mol. The average molecular weight is 462 g/mol. The van der Waals surface area contributed by atoms with Crippen LogP contribution in [-0.2, 0) is 13.0 Å². The van der Waals surface area contributed by atoms with Crippen LogP contribution in [0.1, 0.15) is 27.3 Å². The van der Waals surface area contributed by atoms with Crippen molar-refractivity contribution in [2.45, 2.75) is 13.0 Å². The molecule has 0 atom stereocenters. The molecular formula is C24H17Cl2N5O. The molecule has 2 N–H and O–H groups in total. The van der Waals surface area contributed by atoms with Crippen molar-refractivity contribution in [3.63, 3.8) is 0 Å². The molecule has 32 heavy (non-hydrogen) atoms. The topological polar surface area (TPSA) is 83.6 Å². The smallest absolute Gasteiger partial charge is 0.270 e. The predicted molar refractivity (Wildman–Crippen MR) is 126 cm³/mol. The van der Waals surface area contributed by atoms with E-state index in [-0.39, 0.29) is 12.5 Å². The Labute approximate surface area is 193 Å². The number of fused-ring (bicyclic) bond motifs is 2. The molecule has 0 radical (unpaired) electrons. The van der Waals surface area contributed by atoms with E-state index >= 15 is 0 Å². The number of nitrogens with one attached hydrogen (secondary N) is 2. The summed E-state index contributed by atoms with van der Waals surface area (Å²) in [6, 6.07) is 16.8. The minimum Gasteiger partial charge on any atom is -0.345 e. The van der Waals surface area contributed by atoms with Crippen molar-refractivity contribution >= 4 is 50.9 Å². The van der Waals surface area contributed by atoms with E-state index in [2.05, 4.69) is 31.5 Å². The lowest BCUT2D eigenvalue weighted by atomic mass is 10.0. The minimum atomic E-state index is -0.264. The van der Waals surface area contributed by atoms with E-state index in [9.17, 15) is 4.79 Å². The van der Waals surface area contributed by atoms with Gasteiger partial charge in [-0.3, -0.25) is 19.9 Å². The molecule has 0 saturated heterocycles. The van der Waals surface area contributed by atoms with Gasteiger partial charge in [0.1, 0.15) is 5.69 Å². The van der Waals surface area contributed by atoms with Crippen LogP contribution in [0.25, 0.3) is 21.8 Å². The Kier molecular flexibility index (Phi) is 5.47. The highest BCUT2D eigenvalue weighted by molar-refractivity contribution is 6.31. The third-order valence-corrected chi connectivity index (χ3v) is 5.66. The van der Waals surface area contributed by atoms with Crippen molar-refractivity contribution in [1.82, 2.24) is 25.5 Å². The Morgan fingerprint density at radius 3 is 2.59 bits per heavy atom. The number of carbonyl (C=O) groups excluding carboxylic acids is 1. The third kappa shape index (κ3) is 4.28. The van der Waals surface area contributed by atoms with E-state index < -0.39 is 0 Å². The summed E-state index contributed by atoms with van der Waals surface area (Å²) in [5.74, 6) is -0.264. The number of amides is 1. The molecule has 0 saturated carbocycles. The molecule has 0 aliphatic heterocycles. The summed E-state index contributed by atoms with van der Waals surface area (Å²) in [5.41, 5.74) is 4.81. The normalized spacial score (nSPS) is 11.2. The first-order chi connectivity index (χ1) is 15.5. The summed E-state index contributed by atoms with van der Waals surface area (Å²) in [4.78, 5) is 21.4. The Balaban J connectivity index is 1.31. The Morgan fingerprint density at radius 1 is 0.906 bits per heavy atom. The SMILES string of the molecule is O=C(NCc1[nH]nc2ccc(Cl)cc12)c1cc(Cc2cnc3ccc(Cl)cc3c2)ccn1. The van der Waals surface area contributed by atoms with Crippen LogP contribution in [0.4, 0.5) is 0 Å². The maximum Gasteiger partial charge on any atom is 0.270 e. The Bertz CT molecular complexity index is 1460. The van der Waals surface area contributed by atoms with Crippen molar-refractivity contribution in [3.05, 3.63) is 99.6 Å². The van der Waals surface area contributed by atoms with Crippen LogP contribution in [0.2, 0.25) is 10.0 Å². The summed E-state index contributed by atoms with van der Waals surface area (Å²) in [7, 11) is 0. The number of halogens is 2. The zero-order chi connectivity index (χ0) is 22.1. The zero-order valence-corrected chi connectivity index (χ0v) is 18.3. The van der Waals surface area contributed by atoms with Crippen molar-refractivity contribution in [2.75, 3.05) is 0 Å². The molecular weight excluding hydrogens is 445 g/mol. The first-order valence-electron chi connectivity index (χ1n) is 9.95. The highest BCUT2D eigenvalue weighted by atomic mass is 35.5. The number of benzene rings is 2. The number of aromatic amines is 1. The number of hydrogen-bond acceptors (Lipinski definition) is 4. The molecule has 8 heteroatoms. The van der Waals surface area contributed by atoms with Crippen LogP contribution < -0.4 is 5.32 Å². The van der Waals surface area contributed by atoms with Gasteiger partial charge < -0.3 is 5.32 Å². The van der Waals surface area contributed by atoms with E-state index in [1.54, 1.807) is 18.3 Å². The molecule has 0 aliphatic rings. The second kappa shape index (κ2) is 8.57. The van der Waals surface area contributed by atoms with E-state index in [0.29, 0.717) is 22.2 Å². The molecule has 6 nitrogen and oxygen atoms in total. The Morgan fingerprint density at radius 2 is 1.72 bits per heavy atom. The van der Waals surface area contributed by atoms with Crippen LogP contribution in [0, 0.1) is 0 Å².